The van der Waals surface area contributed by atoms with Crippen LogP contribution in [0.5, 0.6) is 5.75 Å². The second-order valence-corrected chi connectivity index (χ2v) is 6.55. The van der Waals surface area contributed by atoms with E-state index in [4.69, 9.17) is 4.74 Å². The number of nitrogens with one attached hydrogen (secondary N) is 1. The van der Waals surface area contributed by atoms with E-state index in [1.54, 1.807) is 0 Å². The SMILES string of the molecule is Cc1ccc2nc(/C(C#N)=C\c3cccc(OCC(C)C)c3)[nH]c2c1. The third-order valence-electron chi connectivity index (χ3n) is 3.77. The molecule has 126 valence electrons. The molecule has 0 saturated carbocycles. The van der Waals surface area contributed by atoms with Crippen LogP contribution in [0.25, 0.3) is 22.7 Å². The molecular formula is C21H21N3O. The molecule has 4 heteroatoms. The van der Waals surface area contributed by atoms with Crippen molar-refractivity contribution in [1.29, 1.82) is 5.26 Å². The zero-order valence-electron chi connectivity index (χ0n) is 14.7. The van der Waals surface area contributed by atoms with E-state index >= 15 is 0 Å². The zero-order chi connectivity index (χ0) is 17.8. The topological polar surface area (TPSA) is 61.7 Å². The molecule has 2 aromatic carbocycles. The average Bonchev–Trinajstić information content (AvgIpc) is 3.01. The summed E-state index contributed by atoms with van der Waals surface area (Å²) in [5.74, 6) is 1.85. The Hall–Kier alpha value is -3.06. The van der Waals surface area contributed by atoms with Crippen LogP contribution in [0.2, 0.25) is 0 Å². The van der Waals surface area contributed by atoms with Gasteiger partial charge < -0.3 is 9.72 Å². The van der Waals surface area contributed by atoms with Crippen molar-refractivity contribution < 1.29 is 4.74 Å². The molecule has 4 nitrogen and oxygen atoms in total. The number of imidazole rings is 1. The minimum absolute atomic E-state index is 0.466. The maximum Gasteiger partial charge on any atom is 0.149 e. The van der Waals surface area contributed by atoms with Gasteiger partial charge in [0, 0.05) is 0 Å². The van der Waals surface area contributed by atoms with Crippen LogP contribution in [-0.2, 0) is 0 Å². The maximum absolute atomic E-state index is 9.56. The van der Waals surface area contributed by atoms with Crippen molar-refractivity contribution in [3.8, 4) is 11.8 Å². The van der Waals surface area contributed by atoms with Gasteiger partial charge in [-0.15, -0.1) is 0 Å². The summed E-state index contributed by atoms with van der Waals surface area (Å²) in [5, 5.41) is 9.56. The highest BCUT2D eigenvalue weighted by atomic mass is 16.5. The van der Waals surface area contributed by atoms with Crippen LogP contribution in [0.3, 0.4) is 0 Å². The van der Waals surface area contributed by atoms with Crippen LogP contribution in [0.4, 0.5) is 0 Å². The van der Waals surface area contributed by atoms with Gasteiger partial charge in [-0.05, 0) is 54.3 Å². The predicted octanol–water partition coefficient (Wildman–Crippen LogP) is 4.97. The largest absolute Gasteiger partial charge is 0.493 e. The molecule has 3 rings (SSSR count). The quantitative estimate of drug-likeness (QED) is 0.671. The van der Waals surface area contributed by atoms with E-state index in [0.29, 0.717) is 23.9 Å². The molecule has 0 amide bonds. The molecular weight excluding hydrogens is 310 g/mol. The minimum Gasteiger partial charge on any atom is -0.493 e. The molecule has 1 N–H and O–H groups in total. The number of ether oxygens (including phenoxy) is 1. The van der Waals surface area contributed by atoms with Crippen LogP contribution in [-0.4, -0.2) is 16.6 Å². The van der Waals surface area contributed by atoms with Gasteiger partial charge in [-0.1, -0.05) is 32.0 Å². The van der Waals surface area contributed by atoms with Gasteiger partial charge >= 0.3 is 0 Å². The van der Waals surface area contributed by atoms with E-state index in [1.165, 1.54) is 0 Å². The number of benzene rings is 2. The van der Waals surface area contributed by atoms with E-state index < -0.39 is 0 Å². The fraction of sp³-hybridized carbons (Fsp3) is 0.238. The Morgan fingerprint density at radius 2 is 2.12 bits per heavy atom. The number of H-pyrrole nitrogens is 1. The number of nitrogens with zero attached hydrogens (tertiary/aromatic N) is 2. The van der Waals surface area contributed by atoms with E-state index in [1.807, 2.05) is 55.5 Å². The summed E-state index contributed by atoms with van der Waals surface area (Å²) in [6, 6.07) is 16.0. The smallest absolute Gasteiger partial charge is 0.149 e. The van der Waals surface area contributed by atoms with E-state index in [2.05, 4.69) is 29.9 Å². The van der Waals surface area contributed by atoms with Gasteiger partial charge in [0.2, 0.25) is 0 Å². The molecule has 0 spiro atoms. The number of aryl methyl sites for hydroxylation is 1. The summed E-state index contributed by atoms with van der Waals surface area (Å²) >= 11 is 0. The molecule has 0 bridgehead atoms. The van der Waals surface area contributed by atoms with Gasteiger partial charge in [0.25, 0.3) is 0 Å². The lowest BCUT2D eigenvalue weighted by Gasteiger charge is -2.09. The first-order valence-electron chi connectivity index (χ1n) is 8.36. The van der Waals surface area contributed by atoms with Crippen LogP contribution < -0.4 is 4.74 Å². The highest BCUT2D eigenvalue weighted by molar-refractivity contribution is 5.90. The summed E-state index contributed by atoms with van der Waals surface area (Å²) in [6.07, 6.45) is 1.83. The molecule has 0 atom stereocenters. The second-order valence-electron chi connectivity index (χ2n) is 6.55. The van der Waals surface area contributed by atoms with E-state index in [-0.39, 0.29) is 0 Å². The number of allylic oxidation sites excluding steroid dienone is 1. The number of aromatic amines is 1. The van der Waals surface area contributed by atoms with Crippen LogP contribution in [0.15, 0.2) is 42.5 Å². The van der Waals surface area contributed by atoms with Gasteiger partial charge in [0.1, 0.15) is 17.6 Å². The summed E-state index contributed by atoms with van der Waals surface area (Å²) in [7, 11) is 0. The second kappa shape index (κ2) is 7.23. The lowest BCUT2D eigenvalue weighted by molar-refractivity contribution is 0.271. The number of rotatable bonds is 5. The number of aromatic nitrogens is 2. The first-order chi connectivity index (χ1) is 12.0. The van der Waals surface area contributed by atoms with Crippen LogP contribution in [0, 0.1) is 24.2 Å². The summed E-state index contributed by atoms with van der Waals surface area (Å²) in [5.41, 5.74) is 4.35. The van der Waals surface area contributed by atoms with Gasteiger partial charge in [-0.2, -0.15) is 5.26 Å². The Morgan fingerprint density at radius 3 is 2.88 bits per heavy atom. The third-order valence-corrected chi connectivity index (χ3v) is 3.77. The third kappa shape index (κ3) is 4.07. The first kappa shape index (κ1) is 16.8. The van der Waals surface area contributed by atoms with E-state index in [0.717, 1.165) is 27.9 Å². The molecule has 0 aliphatic carbocycles. The van der Waals surface area contributed by atoms with Crippen molar-refractivity contribution >= 4 is 22.7 Å². The predicted molar refractivity (Wildman–Crippen MR) is 101 cm³/mol. The Labute approximate surface area is 147 Å². The zero-order valence-corrected chi connectivity index (χ0v) is 14.7. The lowest BCUT2D eigenvalue weighted by atomic mass is 10.1. The van der Waals surface area contributed by atoms with Gasteiger partial charge in [-0.3, -0.25) is 0 Å². The Balaban J connectivity index is 1.91. The van der Waals surface area contributed by atoms with Gasteiger partial charge in [0.05, 0.1) is 23.2 Å². The number of hydrogen-bond donors (Lipinski definition) is 1. The molecule has 0 aliphatic rings. The Kier molecular flexibility index (Phi) is 4.85. The molecule has 1 heterocycles. The summed E-state index contributed by atoms with van der Waals surface area (Å²) in [4.78, 5) is 7.75. The molecule has 0 aliphatic heterocycles. The highest BCUT2D eigenvalue weighted by Crippen LogP contribution is 2.22. The molecule has 0 radical (unpaired) electrons. The van der Waals surface area contributed by atoms with Crippen LogP contribution in [0.1, 0.15) is 30.8 Å². The fourth-order valence-electron chi connectivity index (χ4n) is 2.53. The minimum atomic E-state index is 0.466. The fourth-order valence-corrected chi connectivity index (χ4v) is 2.53. The van der Waals surface area contributed by atoms with E-state index in [9.17, 15) is 5.26 Å². The van der Waals surface area contributed by atoms with Crippen molar-refractivity contribution in [3.05, 3.63) is 59.4 Å². The lowest BCUT2D eigenvalue weighted by Crippen LogP contribution is -2.04. The number of nitriles is 1. The average molecular weight is 331 g/mol. The molecule has 0 saturated heterocycles. The van der Waals surface area contributed by atoms with Gasteiger partial charge in [-0.25, -0.2) is 4.98 Å². The van der Waals surface area contributed by atoms with Crippen molar-refractivity contribution in [2.24, 2.45) is 5.92 Å². The van der Waals surface area contributed by atoms with Crippen molar-refractivity contribution in [3.63, 3.8) is 0 Å². The number of fused-ring (bicyclic) bond motifs is 1. The molecule has 3 aromatic rings. The van der Waals surface area contributed by atoms with Crippen molar-refractivity contribution in [2.75, 3.05) is 6.61 Å². The molecule has 1 aromatic heterocycles. The van der Waals surface area contributed by atoms with Gasteiger partial charge in [0.15, 0.2) is 0 Å². The molecule has 0 fully saturated rings. The molecule has 0 unspecified atom stereocenters. The Bertz CT molecular complexity index is 961. The monoisotopic (exact) mass is 331 g/mol. The maximum atomic E-state index is 9.56. The summed E-state index contributed by atoms with van der Waals surface area (Å²) < 4.78 is 5.75. The molecule has 25 heavy (non-hydrogen) atoms. The number of hydrogen-bond acceptors (Lipinski definition) is 3. The summed E-state index contributed by atoms with van der Waals surface area (Å²) in [6.45, 7) is 6.92. The first-order valence-corrected chi connectivity index (χ1v) is 8.36. The van der Waals surface area contributed by atoms with Crippen molar-refractivity contribution in [2.45, 2.75) is 20.8 Å². The van der Waals surface area contributed by atoms with Crippen molar-refractivity contribution in [1.82, 2.24) is 9.97 Å². The van der Waals surface area contributed by atoms with Crippen LogP contribution >= 0.6 is 0 Å². The standard InChI is InChI=1S/C21H21N3O/c1-14(2)13-25-18-6-4-5-16(11-18)10-17(12-22)21-23-19-8-7-15(3)9-20(19)24-21/h4-11,14H,13H2,1-3H3,(H,23,24)/b17-10-. The highest BCUT2D eigenvalue weighted by Gasteiger charge is 2.08. The normalized spacial score (nSPS) is 11.7. The Morgan fingerprint density at radius 1 is 1.28 bits per heavy atom.